The molecule has 0 saturated carbocycles. The Hall–Kier alpha value is -2.32. The topological polar surface area (TPSA) is 97.4 Å². The van der Waals surface area contributed by atoms with Crippen molar-refractivity contribution in [2.45, 2.75) is 32.2 Å². The van der Waals surface area contributed by atoms with Crippen LogP contribution < -0.4 is 15.4 Å². The average molecular weight is 412 g/mol. The van der Waals surface area contributed by atoms with Gasteiger partial charge >= 0.3 is 6.03 Å². The summed E-state index contributed by atoms with van der Waals surface area (Å²) in [6.07, 6.45) is 1.67. The third-order valence-electron chi connectivity index (χ3n) is 4.07. The largest absolute Gasteiger partial charge is 0.496 e. The van der Waals surface area contributed by atoms with Crippen LogP contribution in [0.2, 0.25) is 5.02 Å². The molecule has 1 aromatic carbocycles. The third-order valence-corrected chi connectivity index (χ3v) is 6.09. The normalized spacial score (nSPS) is 11.1. The number of nitrogens with zero attached hydrogens (tertiary/aromatic N) is 1. The van der Waals surface area contributed by atoms with Gasteiger partial charge in [0.1, 0.15) is 5.75 Å². The van der Waals surface area contributed by atoms with Crippen LogP contribution in [0.25, 0.3) is 0 Å². The number of aryl methyl sites for hydroxylation is 1. The van der Waals surface area contributed by atoms with Gasteiger partial charge in [0, 0.05) is 22.3 Å². The van der Waals surface area contributed by atoms with Crippen molar-refractivity contribution >= 4 is 33.2 Å². The van der Waals surface area contributed by atoms with Crippen LogP contribution in [0.5, 0.6) is 5.75 Å². The van der Waals surface area contributed by atoms with Crippen LogP contribution in [0.15, 0.2) is 29.3 Å². The number of hydrogen-bond donors (Lipinski definition) is 2. The van der Waals surface area contributed by atoms with Gasteiger partial charge < -0.3 is 15.4 Å². The molecule has 2 N–H and O–H groups in total. The molecule has 2 aromatic rings. The summed E-state index contributed by atoms with van der Waals surface area (Å²) in [4.78, 5) is 16.6. The first-order chi connectivity index (χ1) is 12.7. The van der Waals surface area contributed by atoms with Crippen molar-refractivity contribution in [1.82, 2.24) is 10.3 Å². The highest BCUT2D eigenvalue weighted by Gasteiger charge is 2.19. The number of pyridine rings is 1. The molecule has 0 aliphatic carbocycles. The van der Waals surface area contributed by atoms with Gasteiger partial charge in [-0.3, -0.25) is 4.98 Å². The fourth-order valence-corrected chi connectivity index (χ4v) is 3.81. The van der Waals surface area contributed by atoms with Crippen molar-refractivity contribution in [3.05, 3.63) is 46.2 Å². The Balaban J connectivity index is 2.17. The predicted molar refractivity (Wildman–Crippen MR) is 105 cm³/mol. The van der Waals surface area contributed by atoms with E-state index in [-0.39, 0.29) is 22.9 Å². The van der Waals surface area contributed by atoms with E-state index in [4.69, 9.17) is 16.3 Å². The minimum Gasteiger partial charge on any atom is -0.496 e. The van der Waals surface area contributed by atoms with Gasteiger partial charge in [0.2, 0.25) is 0 Å². The van der Waals surface area contributed by atoms with E-state index in [2.05, 4.69) is 15.6 Å². The maximum Gasteiger partial charge on any atom is 0.319 e. The number of urea groups is 1. The molecule has 0 aliphatic heterocycles. The highest BCUT2D eigenvalue weighted by atomic mass is 35.5. The predicted octanol–water partition coefficient (Wildman–Crippen LogP) is 3.48. The molecule has 146 valence electrons. The van der Waals surface area contributed by atoms with Gasteiger partial charge in [0.15, 0.2) is 9.84 Å². The van der Waals surface area contributed by atoms with Gasteiger partial charge in [-0.15, -0.1) is 0 Å². The molecule has 2 amide bonds. The van der Waals surface area contributed by atoms with Crippen LogP contribution in [-0.4, -0.2) is 32.3 Å². The Morgan fingerprint density at radius 1 is 1.30 bits per heavy atom. The minimum atomic E-state index is -3.51. The second-order valence-corrected chi connectivity index (χ2v) is 8.58. The smallest absolute Gasteiger partial charge is 0.319 e. The van der Waals surface area contributed by atoms with Crippen molar-refractivity contribution in [3.8, 4) is 5.75 Å². The summed E-state index contributed by atoms with van der Waals surface area (Å²) >= 11 is 5.95. The lowest BCUT2D eigenvalue weighted by molar-refractivity contribution is 0.251. The Labute approximate surface area is 164 Å². The molecule has 0 spiro atoms. The lowest BCUT2D eigenvalue weighted by atomic mass is 10.1. The van der Waals surface area contributed by atoms with Crippen LogP contribution in [0, 0.1) is 13.8 Å². The van der Waals surface area contributed by atoms with Crippen molar-refractivity contribution in [2.75, 3.05) is 18.2 Å². The minimum absolute atomic E-state index is 0.0239. The van der Waals surface area contributed by atoms with Crippen LogP contribution >= 0.6 is 11.6 Å². The quantitative estimate of drug-likeness (QED) is 0.758. The maximum atomic E-state index is 12.3. The monoisotopic (exact) mass is 411 g/mol. The molecule has 27 heavy (non-hydrogen) atoms. The van der Waals surface area contributed by atoms with E-state index in [1.54, 1.807) is 13.3 Å². The van der Waals surface area contributed by atoms with E-state index in [1.807, 2.05) is 13.8 Å². The van der Waals surface area contributed by atoms with Gasteiger partial charge in [-0.2, -0.15) is 0 Å². The number of anilines is 1. The molecule has 0 atom stereocenters. The van der Waals surface area contributed by atoms with Crippen molar-refractivity contribution in [2.24, 2.45) is 0 Å². The Morgan fingerprint density at radius 3 is 2.63 bits per heavy atom. The molecule has 0 bridgehead atoms. The Morgan fingerprint density at radius 2 is 2.00 bits per heavy atom. The molecule has 0 radical (unpaired) electrons. The second kappa shape index (κ2) is 8.58. The van der Waals surface area contributed by atoms with Gasteiger partial charge in [-0.05, 0) is 32.0 Å². The molecule has 0 saturated heterocycles. The summed E-state index contributed by atoms with van der Waals surface area (Å²) < 4.78 is 29.8. The van der Waals surface area contributed by atoms with Crippen molar-refractivity contribution < 1.29 is 17.9 Å². The number of ether oxygens (including phenoxy) is 1. The highest BCUT2D eigenvalue weighted by Crippen LogP contribution is 2.26. The number of benzene rings is 1. The summed E-state index contributed by atoms with van der Waals surface area (Å²) in [5.41, 5.74) is 2.51. The van der Waals surface area contributed by atoms with Gasteiger partial charge in [-0.25, -0.2) is 13.2 Å². The number of halogens is 1. The molecular formula is C18H22ClN3O4S. The molecule has 9 heteroatoms. The van der Waals surface area contributed by atoms with Crippen LogP contribution in [0.1, 0.15) is 23.7 Å². The molecule has 1 heterocycles. The number of methoxy groups -OCH3 is 1. The Bertz CT molecular complexity index is 961. The lowest BCUT2D eigenvalue weighted by Gasteiger charge is -2.14. The molecule has 7 nitrogen and oxygen atoms in total. The third kappa shape index (κ3) is 4.90. The first-order valence-corrected chi connectivity index (χ1v) is 10.3. The zero-order valence-electron chi connectivity index (χ0n) is 15.6. The zero-order chi connectivity index (χ0) is 20.2. The van der Waals surface area contributed by atoms with Gasteiger partial charge in [-0.1, -0.05) is 18.5 Å². The van der Waals surface area contributed by atoms with E-state index in [1.165, 1.54) is 25.1 Å². The van der Waals surface area contributed by atoms with E-state index < -0.39 is 15.9 Å². The summed E-state index contributed by atoms with van der Waals surface area (Å²) in [6, 6.07) is 3.69. The SMILES string of the molecule is CCS(=O)(=O)c1ccc(Cl)cc1NC(=O)NCc1ncc(C)c(OC)c1C. The van der Waals surface area contributed by atoms with Gasteiger partial charge in [0.05, 0.1) is 35.7 Å². The van der Waals surface area contributed by atoms with Crippen molar-refractivity contribution in [1.29, 1.82) is 0 Å². The summed E-state index contributed by atoms with van der Waals surface area (Å²) in [5, 5.41) is 5.54. The molecule has 2 rings (SSSR count). The van der Waals surface area contributed by atoms with E-state index in [0.29, 0.717) is 16.5 Å². The number of sulfone groups is 1. The fraction of sp³-hybridized carbons (Fsp3) is 0.333. The molecule has 0 aliphatic rings. The van der Waals surface area contributed by atoms with Crippen LogP contribution in [-0.2, 0) is 16.4 Å². The maximum absolute atomic E-state index is 12.3. The first kappa shape index (κ1) is 21.0. The molecule has 0 fully saturated rings. The summed E-state index contributed by atoms with van der Waals surface area (Å²) in [5.74, 6) is 0.630. The highest BCUT2D eigenvalue weighted by molar-refractivity contribution is 7.91. The van der Waals surface area contributed by atoms with E-state index >= 15 is 0 Å². The molecule has 1 aromatic heterocycles. The number of nitrogens with one attached hydrogen (secondary N) is 2. The Kier molecular flexibility index (Phi) is 6.67. The van der Waals surface area contributed by atoms with E-state index in [0.717, 1.165) is 11.1 Å². The zero-order valence-corrected chi connectivity index (χ0v) is 17.2. The fourth-order valence-electron chi connectivity index (χ4n) is 2.61. The number of carbonyl (C=O) groups is 1. The summed E-state index contributed by atoms with van der Waals surface area (Å²) in [6.45, 7) is 5.44. The van der Waals surface area contributed by atoms with E-state index in [9.17, 15) is 13.2 Å². The average Bonchev–Trinajstić information content (AvgIpc) is 2.61. The van der Waals surface area contributed by atoms with Crippen molar-refractivity contribution in [3.63, 3.8) is 0 Å². The molecular weight excluding hydrogens is 390 g/mol. The number of hydrogen-bond acceptors (Lipinski definition) is 5. The number of rotatable bonds is 6. The molecule has 0 unspecified atom stereocenters. The standard InChI is InChI=1S/C18H22ClN3O4S/c1-5-27(24,25)16-7-6-13(19)8-14(16)22-18(23)21-10-15-12(3)17(26-4)11(2)9-20-15/h6-9H,5,10H2,1-4H3,(H2,21,22,23). The number of aromatic nitrogens is 1. The van der Waals surface area contributed by atoms with Crippen LogP contribution in [0.3, 0.4) is 0 Å². The summed E-state index contributed by atoms with van der Waals surface area (Å²) in [7, 11) is -1.93. The second-order valence-electron chi connectivity index (χ2n) is 5.90. The first-order valence-electron chi connectivity index (χ1n) is 8.25. The van der Waals surface area contributed by atoms with Crippen LogP contribution in [0.4, 0.5) is 10.5 Å². The number of amides is 2. The number of carbonyl (C=O) groups excluding carboxylic acids is 1. The lowest BCUT2D eigenvalue weighted by Crippen LogP contribution is -2.29. The van der Waals surface area contributed by atoms with Gasteiger partial charge in [0.25, 0.3) is 0 Å².